The van der Waals surface area contributed by atoms with Crippen molar-refractivity contribution in [3.63, 3.8) is 0 Å². The Morgan fingerprint density at radius 3 is 1.57 bits per heavy atom. The Morgan fingerprint density at radius 2 is 1.15 bits per heavy atom. The average molecular weight is 719 g/mol. The molecule has 0 saturated heterocycles. The Morgan fingerprint density at radius 1 is 0.685 bits per heavy atom. The van der Waals surface area contributed by atoms with E-state index in [-0.39, 0.29) is 0 Å². The van der Waals surface area contributed by atoms with Crippen LogP contribution in [0.15, 0.2) is 108 Å². The lowest BCUT2D eigenvalue weighted by molar-refractivity contribution is 0.153. The highest BCUT2D eigenvalue weighted by atomic mass is 16.6. The van der Waals surface area contributed by atoms with E-state index in [2.05, 4.69) is 78.3 Å². The van der Waals surface area contributed by atoms with Gasteiger partial charge in [-0.2, -0.15) is 10.5 Å². The van der Waals surface area contributed by atoms with Crippen molar-refractivity contribution in [2.45, 2.75) is 60.3 Å². The van der Waals surface area contributed by atoms with E-state index < -0.39 is 0 Å². The Balaban J connectivity index is 0.000000208. The van der Waals surface area contributed by atoms with Crippen LogP contribution in [0, 0.1) is 58.2 Å². The summed E-state index contributed by atoms with van der Waals surface area (Å²) in [6.07, 6.45) is 15.8. The van der Waals surface area contributed by atoms with Gasteiger partial charge in [-0.25, -0.2) is 0 Å². The number of benzene rings is 2. The summed E-state index contributed by atoms with van der Waals surface area (Å²) in [4.78, 5) is 14.4. The van der Waals surface area contributed by atoms with E-state index in [9.17, 15) is 10.5 Å². The average Bonchev–Trinajstić information content (AvgIpc) is 3.21. The van der Waals surface area contributed by atoms with E-state index in [1.807, 2.05) is 98.2 Å². The molecule has 0 spiro atoms. The van der Waals surface area contributed by atoms with Crippen molar-refractivity contribution in [1.82, 2.24) is 9.97 Å². The van der Waals surface area contributed by atoms with Gasteiger partial charge in [0.25, 0.3) is 0 Å². The van der Waals surface area contributed by atoms with E-state index in [1.165, 1.54) is 0 Å². The first-order chi connectivity index (χ1) is 26.2. The van der Waals surface area contributed by atoms with Gasteiger partial charge in [0.05, 0.1) is 46.1 Å². The van der Waals surface area contributed by atoms with Gasteiger partial charge in [-0.05, 0) is 105 Å². The molecule has 4 aromatic rings. The van der Waals surface area contributed by atoms with Gasteiger partial charge in [0.2, 0.25) is 0 Å². The van der Waals surface area contributed by atoms with Gasteiger partial charge in [0, 0.05) is 34.6 Å². The number of rotatable bonds is 8. The fourth-order valence-electron chi connectivity index (χ4n) is 7.28. The first-order valence-electron chi connectivity index (χ1n) is 18.9. The maximum atomic E-state index is 9.28. The molecule has 0 aliphatic heterocycles. The Kier molecular flexibility index (Phi) is 14.1. The third kappa shape index (κ3) is 10.2. The topological polar surface area (TPSA) is 128 Å². The first-order valence-corrected chi connectivity index (χ1v) is 18.9. The predicted molar refractivity (Wildman–Crippen MR) is 217 cm³/mol. The lowest BCUT2D eigenvalue weighted by Crippen LogP contribution is -2.28. The Labute approximate surface area is 320 Å². The second-order valence-electron chi connectivity index (χ2n) is 14.5. The minimum Gasteiger partial charge on any atom is -0.411 e. The van der Waals surface area contributed by atoms with Crippen LogP contribution in [0.25, 0.3) is 34.4 Å². The number of aromatic nitrogens is 2. The van der Waals surface area contributed by atoms with Crippen molar-refractivity contribution in [3.05, 3.63) is 120 Å². The molecule has 0 radical (unpaired) electrons. The highest BCUT2D eigenvalue weighted by Crippen LogP contribution is 2.36. The third-order valence-corrected chi connectivity index (χ3v) is 11.0. The molecule has 276 valence electrons. The molecule has 2 aromatic heterocycles. The zero-order valence-electron chi connectivity index (χ0n) is 31.9. The summed E-state index contributed by atoms with van der Waals surface area (Å²) < 4.78 is 0. The molecule has 2 heterocycles. The van der Waals surface area contributed by atoms with Crippen molar-refractivity contribution < 1.29 is 10.0 Å². The molecule has 1 N–H and O–H groups in total. The molecular formula is C46H50N6O2. The van der Waals surface area contributed by atoms with Crippen LogP contribution in [-0.4, -0.2) is 33.2 Å². The van der Waals surface area contributed by atoms with Crippen LogP contribution in [0.1, 0.15) is 82.8 Å². The van der Waals surface area contributed by atoms with Gasteiger partial charge in [-0.1, -0.05) is 98.7 Å². The van der Waals surface area contributed by atoms with Gasteiger partial charge < -0.3 is 10.0 Å². The van der Waals surface area contributed by atoms with Crippen molar-refractivity contribution in [2.75, 3.05) is 6.61 Å². The number of allylic oxidation sites excluding steroid dienone is 2. The molecule has 54 heavy (non-hydrogen) atoms. The summed E-state index contributed by atoms with van der Waals surface area (Å²) >= 11 is 0. The van der Waals surface area contributed by atoms with Gasteiger partial charge in [-0.3, -0.25) is 9.97 Å². The van der Waals surface area contributed by atoms with Crippen LogP contribution in [0.4, 0.5) is 0 Å². The molecule has 0 amide bonds. The number of oxime groups is 2. The zero-order valence-corrected chi connectivity index (χ0v) is 31.9. The highest BCUT2D eigenvalue weighted by Gasteiger charge is 2.30. The molecule has 6 atom stereocenters. The summed E-state index contributed by atoms with van der Waals surface area (Å²) in [5.74, 6) is 3.01. The molecule has 2 aliphatic rings. The minimum absolute atomic E-state index is 0.352. The number of hydrogen-bond acceptors (Lipinski definition) is 8. The van der Waals surface area contributed by atoms with Gasteiger partial charge in [-0.15, -0.1) is 0 Å². The molecule has 8 heteroatoms. The molecule has 2 fully saturated rings. The summed E-state index contributed by atoms with van der Waals surface area (Å²) in [6, 6.07) is 27.6. The highest BCUT2D eigenvalue weighted by molar-refractivity contribution is 5.86. The standard InChI is InChI=1S/C24H27N3O.C22H23N3O/c1-4-28-27-23-13-17(2)18(3)19(14-23)9-11-22-12-10-21(16-26-22)24-8-6-5-7-20(24)15-25;1-15-11-21(25-26)12-17(16(15)2)7-9-20-10-8-19(14-24-20)22-6-4-3-5-18(22)13-23/h5-12,16-19H,4,13-14H2,1-3H3;3-10,14-17,26H,11-12H2,1-2H3/b11-9+,27-23?;9-7+,25-21?/t17-,18+,19+;15-,16+,17+/m00/s1. The van der Waals surface area contributed by atoms with Crippen LogP contribution in [0.5, 0.6) is 0 Å². The second kappa shape index (κ2) is 19.3. The van der Waals surface area contributed by atoms with Crippen LogP contribution in [0.2, 0.25) is 0 Å². The second-order valence-corrected chi connectivity index (χ2v) is 14.5. The lowest BCUT2D eigenvalue weighted by Gasteiger charge is -2.32. The Bertz CT molecular complexity index is 2050. The molecule has 6 rings (SSSR count). The first kappa shape index (κ1) is 39.3. The monoisotopic (exact) mass is 718 g/mol. The van der Waals surface area contributed by atoms with E-state index in [0.717, 1.165) is 70.7 Å². The van der Waals surface area contributed by atoms with Crippen molar-refractivity contribution in [2.24, 2.45) is 45.8 Å². The van der Waals surface area contributed by atoms with E-state index in [1.54, 1.807) is 0 Å². The fourth-order valence-corrected chi connectivity index (χ4v) is 7.28. The van der Waals surface area contributed by atoms with Gasteiger partial charge >= 0.3 is 0 Å². The molecule has 0 bridgehead atoms. The maximum Gasteiger partial charge on any atom is 0.114 e. The van der Waals surface area contributed by atoms with Crippen LogP contribution in [-0.2, 0) is 4.84 Å². The number of nitrogens with zero attached hydrogens (tertiary/aromatic N) is 6. The quantitative estimate of drug-likeness (QED) is 0.143. The summed E-state index contributed by atoms with van der Waals surface area (Å²) in [6.45, 7) is 11.6. The zero-order chi connectivity index (χ0) is 38.5. The molecule has 8 nitrogen and oxygen atoms in total. The fraction of sp³-hybridized carbons (Fsp3) is 0.348. The molecular weight excluding hydrogens is 669 g/mol. The summed E-state index contributed by atoms with van der Waals surface area (Å²) in [5, 5.41) is 35.4. The smallest absolute Gasteiger partial charge is 0.114 e. The van der Waals surface area contributed by atoms with Crippen LogP contribution in [0.3, 0.4) is 0 Å². The van der Waals surface area contributed by atoms with Crippen LogP contribution < -0.4 is 0 Å². The Hall–Kier alpha value is -5.86. The summed E-state index contributed by atoms with van der Waals surface area (Å²) in [7, 11) is 0. The molecule has 2 saturated carbocycles. The SMILES string of the molecule is CCON=C1C[C@@H](/C=C/c2ccc(-c3ccccc3C#N)cn2)[C@H](C)[C@@H](C)C1.C[C@H]1[C@H](/C=C/c2ccc(-c3ccccc3C#N)cn2)CC(=NO)C[C@@H]1C. The number of nitriles is 2. The van der Waals surface area contributed by atoms with E-state index in [0.29, 0.717) is 53.2 Å². The van der Waals surface area contributed by atoms with Crippen molar-refractivity contribution in [1.29, 1.82) is 10.5 Å². The normalized spacial score (nSPS) is 24.1. The third-order valence-electron chi connectivity index (χ3n) is 11.0. The molecule has 2 aliphatic carbocycles. The summed E-state index contributed by atoms with van der Waals surface area (Å²) in [5.41, 5.74) is 8.87. The lowest BCUT2D eigenvalue weighted by atomic mass is 9.73. The van der Waals surface area contributed by atoms with Crippen molar-refractivity contribution >= 4 is 23.6 Å². The predicted octanol–water partition coefficient (Wildman–Crippen LogP) is 10.9. The minimum atomic E-state index is 0.352. The van der Waals surface area contributed by atoms with Gasteiger partial charge in [0.15, 0.2) is 0 Å². The van der Waals surface area contributed by atoms with E-state index >= 15 is 0 Å². The molecule has 0 unspecified atom stereocenters. The number of hydrogen-bond donors (Lipinski definition) is 1. The van der Waals surface area contributed by atoms with E-state index in [4.69, 9.17) is 10.0 Å². The number of pyridine rings is 2. The van der Waals surface area contributed by atoms with Crippen molar-refractivity contribution in [3.8, 4) is 34.4 Å². The molecule has 2 aromatic carbocycles. The van der Waals surface area contributed by atoms with Gasteiger partial charge in [0.1, 0.15) is 6.61 Å². The van der Waals surface area contributed by atoms with Crippen LogP contribution >= 0.6 is 0 Å². The largest absolute Gasteiger partial charge is 0.411 e. The maximum absolute atomic E-state index is 9.28.